The normalized spacial score (nSPS) is 30.8. The molecule has 1 unspecified atom stereocenters. The summed E-state index contributed by atoms with van der Waals surface area (Å²) in [5.41, 5.74) is 5.40. The van der Waals surface area contributed by atoms with Crippen LogP contribution in [0.5, 0.6) is 0 Å². The average molecular weight is 262 g/mol. The van der Waals surface area contributed by atoms with Crippen molar-refractivity contribution in [2.24, 2.45) is 5.73 Å². The van der Waals surface area contributed by atoms with Crippen molar-refractivity contribution in [2.45, 2.75) is 31.4 Å². The fraction of sp³-hybridized carbons (Fsp3) is 1.00. The molecule has 0 aliphatic carbocycles. The SMILES string of the molecule is NCCOC1CCN(C2CCS(=O)(=O)C2)CC1. The minimum atomic E-state index is -2.76. The molecule has 6 heteroatoms. The van der Waals surface area contributed by atoms with Crippen LogP contribution in [-0.4, -0.2) is 63.2 Å². The van der Waals surface area contributed by atoms with E-state index in [-0.39, 0.29) is 6.04 Å². The number of nitrogens with zero attached hydrogens (tertiary/aromatic N) is 1. The number of likely N-dealkylation sites (tertiary alicyclic amines) is 1. The summed E-state index contributed by atoms with van der Waals surface area (Å²) < 4.78 is 28.5. The number of hydrogen-bond acceptors (Lipinski definition) is 5. The van der Waals surface area contributed by atoms with Gasteiger partial charge in [-0.2, -0.15) is 0 Å². The first kappa shape index (κ1) is 13.3. The van der Waals surface area contributed by atoms with Gasteiger partial charge in [0, 0.05) is 25.7 Å². The number of rotatable bonds is 4. The number of sulfone groups is 1. The smallest absolute Gasteiger partial charge is 0.151 e. The zero-order chi connectivity index (χ0) is 12.3. The molecule has 0 bridgehead atoms. The molecule has 0 radical (unpaired) electrons. The predicted molar refractivity (Wildman–Crippen MR) is 66.7 cm³/mol. The lowest BCUT2D eigenvalue weighted by Gasteiger charge is -2.35. The number of ether oxygens (including phenoxy) is 1. The van der Waals surface area contributed by atoms with Gasteiger partial charge in [0.2, 0.25) is 0 Å². The van der Waals surface area contributed by atoms with Crippen molar-refractivity contribution in [3.8, 4) is 0 Å². The summed E-state index contributed by atoms with van der Waals surface area (Å²) in [7, 11) is -2.76. The van der Waals surface area contributed by atoms with Crippen LogP contribution in [0.4, 0.5) is 0 Å². The molecule has 0 aromatic rings. The molecule has 100 valence electrons. The summed E-state index contributed by atoms with van der Waals surface area (Å²) in [6.45, 7) is 3.11. The first-order valence-electron chi connectivity index (χ1n) is 6.37. The molecule has 0 spiro atoms. The molecule has 2 fully saturated rings. The summed E-state index contributed by atoms with van der Waals surface area (Å²) in [6.07, 6.45) is 3.11. The maximum atomic E-state index is 11.4. The Labute approximate surface area is 103 Å². The molecule has 2 heterocycles. The molecule has 0 amide bonds. The monoisotopic (exact) mass is 262 g/mol. The zero-order valence-corrected chi connectivity index (χ0v) is 11.0. The first-order chi connectivity index (χ1) is 8.11. The van der Waals surface area contributed by atoms with E-state index < -0.39 is 9.84 Å². The van der Waals surface area contributed by atoms with E-state index in [2.05, 4.69) is 4.90 Å². The van der Waals surface area contributed by atoms with Gasteiger partial charge in [-0.15, -0.1) is 0 Å². The maximum absolute atomic E-state index is 11.4. The third kappa shape index (κ3) is 3.64. The molecule has 2 aliphatic heterocycles. The van der Waals surface area contributed by atoms with Crippen molar-refractivity contribution in [1.82, 2.24) is 4.90 Å². The topological polar surface area (TPSA) is 72.6 Å². The Hall–Kier alpha value is -0.170. The van der Waals surface area contributed by atoms with Gasteiger partial charge in [0.25, 0.3) is 0 Å². The second kappa shape index (κ2) is 5.65. The zero-order valence-electron chi connectivity index (χ0n) is 10.2. The molecule has 2 aliphatic rings. The summed E-state index contributed by atoms with van der Waals surface area (Å²) in [5, 5.41) is 0. The molecule has 0 saturated carbocycles. The number of nitrogens with two attached hydrogens (primary N) is 1. The Morgan fingerprint density at radius 2 is 1.94 bits per heavy atom. The lowest BCUT2D eigenvalue weighted by atomic mass is 10.1. The van der Waals surface area contributed by atoms with Crippen LogP contribution in [-0.2, 0) is 14.6 Å². The maximum Gasteiger partial charge on any atom is 0.151 e. The minimum absolute atomic E-state index is 0.246. The molecular weight excluding hydrogens is 240 g/mol. The van der Waals surface area contributed by atoms with Crippen molar-refractivity contribution in [2.75, 3.05) is 37.7 Å². The fourth-order valence-corrected chi connectivity index (χ4v) is 4.47. The van der Waals surface area contributed by atoms with Crippen LogP contribution >= 0.6 is 0 Å². The first-order valence-corrected chi connectivity index (χ1v) is 8.19. The van der Waals surface area contributed by atoms with Gasteiger partial charge >= 0.3 is 0 Å². The van der Waals surface area contributed by atoms with Crippen LogP contribution in [0.1, 0.15) is 19.3 Å². The van der Waals surface area contributed by atoms with Crippen LogP contribution in [0.15, 0.2) is 0 Å². The van der Waals surface area contributed by atoms with Crippen molar-refractivity contribution >= 4 is 9.84 Å². The molecule has 0 aromatic heterocycles. The van der Waals surface area contributed by atoms with Gasteiger partial charge in [-0.25, -0.2) is 8.42 Å². The van der Waals surface area contributed by atoms with Gasteiger partial charge in [0.05, 0.1) is 24.2 Å². The Morgan fingerprint density at radius 3 is 2.47 bits per heavy atom. The third-order valence-corrected chi connectivity index (χ3v) is 5.42. The van der Waals surface area contributed by atoms with Gasteiger partial charge < -0.3 is 10.5 Å². The quantitative estimate of drug-likeness (QED) is 0.747. The molecular formula is C11H22N2O3S. The van der Waals surface area contributed by atoms with E-state index in [9.17, 15) is 8.42 Å². The summed E-state index contributed by atoms with van der Waals surface area (Å²) in [6, 6.07) is 0.246. The van der Waals surface area contributed by atoms with E-state index >= 15 is 0 Å². The minimum Gasteiger partial charge on any atom is -0.377 e. The summed E-state index contributed by atoms with van der Waals surface area (Å²) in [4.78, 5) is 2.31. The molecule has 2 saturated heterocycles. The van der Waals surface area contributed by atoms with Gasteiger partial charge in [-0.05, 0) is 19.3 Å². The van der Waals surface area contributed by atoms with Crippen LogP contribution in [0, 0.1) is 0 Å². The molecule has 1 atom stereocenters. The van der Waals surface area contributed by atoms with E-state index in [1.165, 1.54) is 0 Å². The lowest BCUT2D eigenvalue weighted by molar-refractivity contribution is 0.00405. The van der Waals surface area contributed by atoms with E-state index in [1.54, 1.807) is 0 Å². The Bertz CT molecular complexity index is 337. The summed E-state index contributed by atoms with van der Waals surface area (Å²) in [5.74, 6) is 0.711. The van der Waals surface area contributed by atoms with E-state index in [0.717, 1.165) is 32.4 Å². The lowest BCUT2D eigenvalue weighted by Crippen LogP contribution is -2.44. The van der Waals surface area contributed by atoms with Gasteiger partial charge in [-0.1, -0.05) is 0 Å². The summed E-state index contributed by atoms with van der Waals surface area (Å²) >= 11 is 0. The van der Waals surface area contributed by atoms with Gasteiger partial charge in [0.15, 0.2) is 9.84 Å². The second-order valence-electron chi connectivity index (χ2n) is 4.95. The Kier molecular flexibility index (Phi) is 4.41. The van der Waals surface area contributed by atoms with Crippen LogP contribution in [0.2, 0.25) is 0 Å². The highest BCUT2D eigenvalue weighted by atomic mass is 32.2. The van der Waals surface area contributed by atoms with Crippen molar-refractivity contribution in [3.05, 3.63) is 0 Å². The average Bonchev–Trinajstić information content (AvgIpc) is 2.68. The highest BCUT2D eigenvalue weighted by molar-refractivity contribution is 7.91. The van der Waals surface area contributed by atoms with Gasteiger partial charge in [-0.3, -0.25) is 4.90 Å². The Balaban J connectivity index is 1.76. The van der Waals surface area contributed by atoms with E-state index in [4.69, 9.17) is 10.5 Å². The van der Waals surface area contributed by atoms with Crippen LogP contribution < -0.4 is 5.73 Å². The standard InChI is InChI=1S/C11H22N2O3S/c12-4-7-16-11-1-5-13(6-2-11)10-3-8-17(14,15)9-10/h10-11H,1-9,12H2. The van der Waals surface area contributed by atoms with Crippen molar-refractivity contribution < 1.29 is 13.2 Å². The predicted octanol–water partition coefficient (Wildman–Crippen LogP) is -0.387. The van der Waals surface area contributed by atoms with Crippen molar-refractivity contribution in [3.63, 3.8) is 0 Å². The van der Waals surface area contributed by atoms with Gasteiger partial charge in [0.1, 0.15) is 0 Å². The highest BCUT2D eigenvalue weighted by Crippen LogP contribution is 2.22. The highest BCUT2D eigenvalue weighted by Gasteiger charge is 2.34. The molecule has 17 heavy (non-hydrogen) atoms. The molecule has 0 aromatic carbocycles. The number of hydrogen-bond donors (Lipinski definition) is 1. The van der Waals surface area contributed by atoms with E-state index in [0.29, 0.717) is 30.8 Å². The fourth-order valence-electron chi connectivity index (χ4n) is 2.71. The van der Waals surface area contributed by atoms with Crippen LogP contribution in [0.25, 0.3) is 0 Å². The van der Waals surface area contributed by atoms with Crippen LogP contribution in [0.3, 0.4) is 0 Å². The third-order valence-electron chi connectivity index (χ3n) is 3.67. The molecule has 5 nitrogen and oxygen atoms in total. The molecule has 2 N–H and O–H groups in total. The Morgan fingerprint density at radius 1 is 1.24 bits per heavy atom. The van der Waals surface area contributed by atoms with E-state index in [1.807, 2.05) is 0 Å². The van der Waals surface area contributed by atoms with Crippen molar-refractivity contribution in [1.29, 1.82) is 0 Å². The second-order valence-corrected chi connectivity index (χ2v) is 7.18. The largest absolute Gasteiger partial charge is 0.377 e. The number of piperidine rings is 1. The molecule has 2 rings (SSSR count).